The second-order valence-corrected chi connectivity index (χ2v) is 9.49. The molecule has 0 atom stereocenters. The van der Waals surface area contributed by atoms with Gasteiger partial charge in [0.2, 0.25) is 0 Å². The molecule has 3 aromatic carbocycles. The Hall–Kier alpha value is -3.12. The van der Waals surface area contributed by atoms with Crippen LogP contribution in [-0.2, 0) is 22.5 Å². The van der Waals surface area contributed by atoms with Crippen molar-refractivity contribution in [3.05, 3.63) is 106 Å². The van der Waals surface area contributed by atoms with Gasteiger partial charge < -0.3 is 14.6 Å². The lowest BCUT2D eigenvalue weighted by Gasteiger charge is -2.17. The molecule has 0 heterocycles. The number of rotatable bonds is 14. The highest BCUT2D eigenvalue weighted by Crippen LogP contribution is 2.26. The van der Waals surface area contributed by atoms with Crippen LogP contribution in [0.5, 0.6) is 5.75 Å². The Balaban J connectivity index is 1.72. The molecule has 5 nitrogen and oxygen atoms in total. The third-order valence-electron chi connectivity index (χ3n) is 6.15. The van der Waals surface area contributed by atoms with Crippen LogP contribution in [0.15, 0.2) is 72.8 Å². The zero-order chi connectivity index (χ0) is 26.6. The highest BCUT2D eigenvalue weighted by Gasteiger charge is 2.08. The smallest absolute Gasteiger partial charge is 0.303 e. The van der Waals surface area contributed by atoms with Crippen LogP contribution in [0.2, 0.25) is 5.02 Å². The molecule has 0 saturated carbocycles. The molecule has 37 heavy (non-hydrogen) atoms. The van der Waals surface area contributed by atoms with E-state index in [4.69, 9.17) is 26.2 Å². The molecular weight excluding hydrogens is 486 g/mol. The first-order chi connectivity index (χ1) is 17.9. The summed E-state index contributed by atoms with van der Waals surface area (Å²) in [5.74, 6) is -0.0325. The minimum absolute atomic E-state index is 0.122. The highest BCUT2D eigenvalue weighted by atomic mass is 35.5. The highest BCUT2D eigenvalue weighted by molar-refractivity contribution is 6.30. The molecule has 3 aromatic rings. The Bertz CT molecular complexity index is 1170. The number of halogens is 1. The van der Waals surface area contributed by atoms with Gasteiger partial charge in [0, 0.05) is 31.1 Å². The van der Waals surface area contributed by atoms with Crippen LogP contribution in [0, 0.1) is 6.92 Å². The number of nitrogens with zero attached hydrogens (tertiary/aromatic N) is 1. The third-order valence-corrected chi connectivity index (χ3v) is 6.41. The van der Waals surface area contributed by atoms with Crippen molar-refractivity contribution < 1.29 is 19.4 Å². The number of carboxylic acids is 1. The van der Waals surface area contributed by atoms with E-state index < -0.39 is 5.97 Å². The summed E-state index contributed by atoms with van der Waals surface area (Å²) >= 11 is 6.14. The first-order valence-electron chi connectivity index (χ1n) is 12.6. The van der Waals surface area contributed by atoms with E-state index in [2.05, 4.69) is 42.3 Å². The van der Waals surface area contributed by atoms with Crippen LogP contribution in [0.25, 0.3) is 5.57 Å². The van der Waals surface area contributed by atoms with E-state index in [1.807, 2.05) is 56.3 Å². The summed E-state index contributed by atoms with van der Waals surface area (Å²) in [6.07, 6.45) is 2.72. The summed E-state index contributed by atoms with van der Waals surface area (Å²) in [6, 6.07) is 22.3. The normalized spacial score (nSPS) is 11.6. The van der Waals surface area contributed by atoms with E-state index in [9.17, 15) is 4.79 Å². The van der Waals surface area contributed by atoms with Crippen LogP contribution in [-0.4, -0.2) is 49.4 Å². The van der Waals surface area contributed by atoms with Gasteiger partial charge >= 0.3 is 5.97 Å². The van der Waals surface area contributed by atoms with Crippen LogP contribution < -0.4 is 4.74 Å². The van der Waals surface area contributed by atoms with Gasteiger partial charge in [0.05, 0.1) is 6.61 Å². The predicted octanol–water partition coefficient (Wildman–Crippen LogP) is 6.64. The van der Waals surface area contributed by atoms with Crippen molar-refractivity contribution in [3.63, 3.8) is 0 Å². The van der Waals surface area contributed by atoms with Crippen molar-refractivity contribution in [1.29, 1.82) is 0 Å². The lowest BCUT2D eigenvalue weighted by Crippen LogP contribution is -2.22. The number of hydrogen-bond acceptors (Lipinski definition) is 4. The Morgan fingerprint density at radius 2 is 1.70 bits per heavy atom. The molecule has 0 saturated heterocycles. The van der Waals surface area contributed by atoms with Gasteiger partial charge in [-0.25, -0.2) is 0 Å². The monoisotopic (exact) mass is 521 g/mol. The Morgan fingerprint density at radius 1 is 1.03 bits per heavy atom. The molecule has 0 bridgehead atoms. The molecule has 0 unspecified atom stereocenters. The van der Waals surface area contributed by atoms with E-state index >= 15 is 0 Å². The topological polar surface area (TPSA) is 59.0 Å². The lowest BCUT2D eigenvalue weighted by atomic mass is 9.96. The van der Waals surface area contributed by atoms with E-state index in [1.54, 1.807) is 0 Å². The van der Waals surface area contributed by atoms with Crippen molar-refractivity contribution >= 4 is 23.1 Å². The molecule has 3 rings (SSSR count). The zero-order valence-corrected chi connectivity index (χ0v) is 22.6. The van der Waals surface area contributed by atoms with Crippen molar-refractivity contribution in [3.8, 4) is 5.75 Å². The lowest BCUT2D eigenvalue weighted by molar-refractivity contribution is -0.136. The van der Waals surface area contributed by atoms with Crippen LogP contribution >= 0.6 is 11.6 Å². The maximum absolute atomic E-state index is 10.9. The Labute approximate surface area is 225 Å². The molecule has 0 aliphatic carbocycles. The molecule has 6 heteroatoms. The number of aliphatic carboxylic acids is 1. The van der Waals surface area contributed by atoms with Crippen molar-refractivity contribution in [1.82, 2.24) is 4.90 Å². The molecule has 196 valence electrons. The number of carbonyl (C=O) groups is 1. The second kappa shape index (κ2) is 14.6. The molecule has 0 aliphatic heterocycles. The van der Waals surface area contributed by atoms with E-state index in [-0.39, 0.29) is 6.42 Å². The summed E-state index contributed by atoms with van der Waals surface area (Å²) in [6.45, 7) is 7.62. The molecule has 1 N–H and O–H groups in total. The average Bonchev–Trinajstić information content (AvgIpc) is 2.87. The molecule has 0 spiro atoms. The van der Waals surface area contributed by atoms with Gasteiger partial charge in [-0.2, -0.15) is 0 Å². The van der Waals surface area contributed by atoms with Crippen molar-refractivity contribution in [2.45, 2.75) is 33.2 Å². The third kappa shape index (κ3) is 9.36. The second-order valence-electron chi connectivity index (χ2n) is 9.05. The van der Waals surface area contributed by atoms with E-state index in [1.165, 1.54) is 5.56 Å². The van der Waals surface area contributed by atoms with E-state index in [0.29, 0.717) is 18.1 Å². The fourth-order valence-corrected chi connectivity index (χ4v) is 4.20. The Kier molecular flexibility index (Phi) is 11.2. The largest absolute Gasteiger partial charge is 0.490 e. The standard InChI is InChI=1S/C31H36ClNO4/c1-4-36-20-18-33(3)22-24-5-7-26(8-6-24)30(27-9-13-28(32)14-10-27)17-19-37-29-15-11-25(23(2)21-29)12-16-31(34)35/h5-11,13-15,17,21H,4,12,16,18-20,22H2,1-3H3,(H,34,35)/b30-17-. The molecule has 0 amide bonds. The van der Waals surface area contributed by atoms with Gasteiger partial charge in [0.25, 0.3) is 0 Å². The molecule has 0 radical (unpaired) electrons. The number of carboxylic acid groups (broad SMARTS) is 1. The summed E-state index contributed by atoms with van der Waals surface area (Å²) in [4.78, 5) is 13.1. The van der Waals surface area contributed by atoms with Crippen molar-refractivity contribution in [2.75, 3.05) is 33.4 Å². The summed E-state index contributed by atoms with van der Waals surface area (Å²) in [5, 5.41) is 9.64. The number of likely N-dealkylation sites (N-methyl/N-ethyl adjacent to an activating group) is 1. The van der Waals surface area contributed by atoms with Gasteiger partial charge in [-0.05, 0) is 91.0 Å². The predicted molar refractivity (Wildman–Crippen MR) is 150 cm³/mol. The van der Waals surface area contributed by atoms with Crippen LogP contribution in [0.3, 0.4) is 0 Å². The minimum atomic E-state index is -0.791. The van der Waals surface area contributed by atoms with E-state index in [0.717, 1.165) is 59.9 Å². The van der Waals surface area contributed by atoms with Crippen LogP contribution in [0.1, 0.15) is 41.2 Å². The molecule has 0 fully saturated rings. The molecular formula is C31H36ClNO4. The van der Waals surface area contributed by atoms with Crippen molar-refractivity contribution in [2.24, 2.45) is 0 Å². The van der Waals surface area contributed by atoms with Gasteiger partial charge in [-0.15, -0.1) is 0 Å². The zero-order valence-electron chi connectivity index (χ0n) is 21.9. The SMILES string of the molecule is CCOCCN(C)Cc1ccc(/C(=C/COc2ccc(CCC(=O)O)c(C)c2)c2ccc(Cl)cc2)cc1. The fraction of sp³-hybridized carbons (Fsp3) is 0.323. The van der Waals surface area contributed by atoms with Crippen LogP contribution in [0.4, 0.5) is 0 Å². The Morgan fingerprint density at radius 3 is 2.32 bits per heavy atom. The quantitative estimate of drug-likeness (QED) is 0.241. The van der Waals surface area contributed by atoms with Gasteiger partial charge in [-0.3, -0.25) is 9.69 Å². The summed E-state index contributed by atoms with van der Waals surface area (Å²) in [5.41, 5.74) is 6.54. The average molecular weight is 522 g/mol. The maximum Gasteiger partial charge on any atom is 0.303 e. The summed E-state index contributed by atoms with van der Waals surface area (Å²) < 4.78 is 11.5. The number of ether oxygens (including phenoxy) is 2. The van der Waals surface area contributed by atoms with Gasteiger partial charge in [0.15, 0.2) is 0 Å². The van der Waals surface area contributed by atoms with Gasteiger partial charge in [0.1, 0.15) is 12.4 Å². The fourth-order valence-electron chi connectivity index (χ4n) is 4.08. The number of hydrogen-bond donors (Lipinski definition) is 1. The maximum atomic E-state index is 10.9. The first-order valence-corrected chi connectivity index (χ1v) is 13.0. The molecule has 0 aliphatic rings. The molecule has 0 aromatic heterocycles. The number of benzene rings is 3. The number of aryl methyl sites for hydroxylation is 2. The summed E-state index contributed by atoms with van der Waals surface area (Å²) in [7, 11) is 2.10. The minimum Gasteiger partial charge on any atom is -0.490 e. The van der Waals surface area contributed by atoms with Gasteiger partial charge in [-0.1, -0.05) is 54.1 Å². The first kappa shape index (κ1) is 28.5.